The molecule has 0 aliphatic heterocycles. The lowest BCUT2D eigenvalue weighted by Crippen LogP contribution is -2.14. The molecule has 0 aromatic heterocycles. The predicted molar refractivity (Wildman–Crippen MR) is 84.3 cm³/mol. The average Bonchev–Trinajstić information content (AvgIpc) is 2.48. The van der Waals surface area contributed by atoms with Crippen LogP contribution in [0.25, 0.3) is 0 Å². The fraction of sp³-hybridized carbons (Fsp3) is 0.188. The minimum atomic E-state index is -0.576. The van der Waals surface area contributed by atoms with Crippen LogP contribution in [0.3, 0.4) is 0 Å². The third-order valence-corrected chi connectivity index (χ3v) is 3.37. The molecule has 3 nitrogen and oxygen atoms in total. The fourth-order valence-electron chi connectivity index (χ4n) is 1.76. The van der Waals surface area contributed by atoms with Gasteiger partial charge >= 0.3 is 0 Å². The highest BCUT2D eigenvalue weighted by molar-refractivity contribution is 9.10. The second kappa shape index (κ2) is 7.22. The van der Waals surface area contributed by atoms with Gasteiger partial charge in [-0.15, -0.1) is 0 Å². The number of ether oxygens (including phenoxy) is 1. The van der Waals surface area contributed by atoms with Crippen molar-refractivity contribution >= 4 is 27.5 Å². The van der Waals surface area contributed by atoms with Gasteiger partial charge in [0.2, 0.25) is 0 Å². The molecule has 0 radical (unpaired) electrons. The number of benzene rings is 2. The Morgan fingerprint density at radius 2 is 2.05 bits per heavy atom. The Kier molecular flexibility index (Phi) is 5.33. The second-order valence-corrected chi connectivity index (χ2v) is 5.29. The van der Waals surface area contributed by atoms with Crippen molar-refractivity contribution in [1.29, 1.82) is 0 Å². The first-order valence-corrected chi connectivity index (χ1v) is 7.39. The van der Waals surface area contributed by atoms with Gasteiger partial charge in [-0.25, -0.2) is 4.39 Å². The molecular weight excluding hydrogens is 337 g/mol. The highest BCUT2D eigenvalue weighted by atomic mass is 79.9. The summed E-state index contributed by atoms with van der Waals surface area (Å²) < 4.78 is 19.6. The first kappa shape index (κ1) is 15.5. The lowest BCUT2D eigenvalue weighted by Gasteiger charge is -2.09. The third kappa shape index (κ3) is 4.04. The molecule has 0 heterocycles. The van der Waals surface area contributed by atoms with Crippen LogP contribution >= 0.6 is 15.9 Å². The fourth-order valence-corrected chi connectivity index (χ4v) is 2.13. The highest BCUT2D eigenvalue weighted by Crippen LogP contribution is 2.21. The molecule has 0 unspecified atom stereocenters. The second-order valence-electron chi connectivity index (χ2n) is 4.43. The van der Waals surface area contributed by atoms with E-state index in [2.05, 4.69) is 21.2 Å². The summed E-state index contributed by atoms with van der Waals surface area (Å²) in [5.41, 5.74) is 0.553. The molecule has 2 aromatic rings. The van der Waals surface area contributed by atoms with Gasteiger partial charge in [0.25, 0.3) is 5.91 Å². The van der Waals surface area contributed by atoms with E-state index in [0.717, 1.165) is 6.42 Å². The molecule has 0 spiro atoms. The maximum Gasteiger partial charge on any atom is 0.258 e. The van der Waals surface area contributed by atoms with E-state index in [-0.39, 0.29) is 10.0 Å². The van der Waals surface area contributed by atoms with Crippen molar-refractivity contribution in [1.82, 2.24) is 0 Å². The Morgan fingerprint density at radius 1 is 1.29 bits per heavy atom. The average molecular weight is 352 g/mol. The van der Waals surface area contributed by atoms with Crippen LogP contribution in [0.5, 0.6) is 5.75 Å². The van der Waals surface area contributed by atoms with Crippen LogP contribution in [-0.4, -0.2) is 12.5 Å². The molecule has 110 valence electrons. The zero-order valence-electron chi connectivity index (χ0n) is 11.5. The van der Waals surface area contributed by atoms with E-state index in [1.54, 1.807) is 30.3 Å². The zero-order chi connectivity index (χ0) is 15.2. The number of hydrogen-bond acceptors (Lipinski definition) is 2. The summed E-state index contributed by atoms with van der Waals surface area (Å²) in [5, 5.41) is 2.66. The molecule has 0 saturated heterocycles. The molecule has 2 rings (SSSR count). The molecule has 0 atom stereocenters. The Hall–Kier alpha value is -1.88. The first-order valence-electron chi connectivity index (χ1n) is 6.60. The zero-order valence-corrected chi connectivity index (χ0v) is 13.1. The number of carbonyl (C=O) groups excluding carboxylic acids is 1. The Labute approximate surface area is 131 Å². The van der Waals surface area contributed by atoms with Gasteiger partial charge in [0.1, 0.15) is 11.6 Å². The van der Waals surface area contributed by atoms with Crippen LogP contribution < -0.4 is 10.1 Å². The van der Waals surface area contributed by atoms with Gasteiger partial charge in [-0.05, 0) is 46.6 Å². The standard InChI is InChI=1S/C16H15BrFNO2/c1-2-9-21-12-6-3-5-11(10-12)19-16(20)13-7-4-8-14(17)15(13)18/h3-8,10H,2,9H2,1H3,(H,19,20). The normalized spacial score (nSPS) is 10.2. The van der Waals surface area contributed by atoms with Crippen molar-refractivity contribution in [2.24, 2.45) is 0 Å². The van der Waals surface area contributed by atoms with Crippen molar-refractivity contribution in [3.05, 3.63) is 58.3 Å². The largest absolute Gasteiger partial charge is 0.494 e. The van der Waals surface area contributed by atoms with Crippen LogP contribution in [0.15, 0.2) is 46.9 Å². The van der Waals surface area contributed by atoms with Gasteiger partial charge < -0.3 is 10.1 Å². The summed E-state index contributed by atoms with van der Waals surface area (Å²) in [6.07, 6.45) is 0.903. The summed E-state index contributed by atoms with van der Waals surface area (Å²) in [4.78, 5) is 12.1. The van der Waals surface area contributed by atoms with E-state index in [0.29, 0.717) is 18.0 Å². The molecule has 1 N–H and O–H groups in total. The number of hydrogen-bond donors (Lipinski definition) is 1. The Balaban J connectivity index is 2.14. The van der Waals surface area contributed by atoms with E-state index in [4.69, 9.17) is 4.74 Å². The topological polar surface area (TPSA) is 38.3 Å². The predicted octanol–water partition coefficient (Wildman–Crippen LogP) is 4.63. The summed E-state index contributed by atoms with van der Waals surface area (Å²) in [7, 11) is 0. The number of halogens is 2. The van der Waals surface area contributed by atoms with E-state index in [1.165, 1.54) is 6.07 Å². The van der Waals surface area contributed by atoms with Gasteiger partial charge in [-0.1, -0.05) is 19.1 Å². The Morgan fingerprint density at radius 3 is 2.81 bits per heavy atom. The maximum absolute atomic E-state index is 13.9. The molecule has 1 amide bonds. The van der Waals surface area contributed by atoms with E-state index in [1.807, 2.05) is 13.0 Å². The van der Waals surface area contributed by atoms with Crippen LogP contribution in [0.2, 0.25) is 0 Å². The highest BCUT2D eigenvalue weighted by Gasteiger charge is 2.14. The molecule has 0 aliphatic carbocycles. The first-order chi connectivity index (χ1) is 10.1. The minimum Gasteiger partial charge on any atom is -0.494 e. The number of anilines is 1. The van der Waals surface area contributed by atoms with Gasteiger partial charge in [-0.2, -0.15) is 0 Å². The summed E-state index contributed by atoms with van der Waals surface area (Å²) in [5.74, 6) is -0.404. The number of carbonyl (C=O) groups is 1. The lowest BCUT2D eigenvalue weighted by molar-refractivity contribution is 0.102. The third-order valence-electron chi connectivity index (χ3n) is 2.76. The molecule has 5 heteroatoms. The quantitative estimate of drug-likeness (QED) is 0.852. The van der Waals surface area contributed by atoms with Gasteiger partial charge in [0.05, 0.1) is 16.6 Å². The van der Waals surface area contributed by atoms with Crippen LogP contribution in [0.4, 0.5) is 10.1 Å². The Bertz CT molecular complexity index is 646. The molecule has 0 aliphatic rings. The van der Waals surface area contributed by atoms with E-state index < -0.39 is 11.7 Å². The van der Waals surface area contributed by atoms with Gasteiger partial charge in [0, 0.05) is 11.8 Å². The van der Waals surface area contributed by atoms with Crippen molar-refractivity contribution in [2.75, 3.05) is 11.9 Å². The number of amides is 1. The van der Waals surface area contributed by atoms with Crippen LogP contribution in [0.1, 0.15) is 23.7 Å². The minimum absolute atomic E-state index is 0.00995. The van der Waals surface area contributed by atoms with Crippen molar-refractivity contribution in [3.63, 3.8) is 0 Å². The smallest absolute Gasteiger partial charge is 0.258 e. The van der Waals surface area contributed by atoms with Gasteiger partial charge in [-0.3, -0.25) is 4.79 Å². The number of nitrogens with one attached hydrogen (secondary N) is 1. The molecule has 0 bridgehead atoms. The van der Waals surface area contributed by atoms with E-state index >= 15 is 0 Å². The SMILES string of the molecule is CCCOc1cccc(NC(=O)c2cccc(Br)c2F)c1. The van der Waals surface area contributed by atoms with Crippen molar-refractivity contribution < 1.29 is 13.9 Å². The molecule has 0 fully saturated rings. The van der Waals surface area contributed by atoms with Gasteiger partial charge in [0.15, 0.2) is 0 Å². The summed E-state index contributed by atoms with van der Waals surface area (Å²) in [6.45, 7) is 2.62. The maximum atomic E-state index is 13.9. The van der Waals surface area contributed by atoms with E-state index in [9.17, 15) is 9.18 Å². The van der Waals surface area contributed by atoms with Crippen LogP contribution in [0, 0.1) is 5.82 Å². The summed E-state index contributed by atoms with van der Waals surface area (Å²) >= 11 is 3.06. The number of rotatable bonds is 5. The molecule has 0 saturated carbocycles. The van der Waals surface area contributed by atoms with Crippen molar-refractivity contribution in [3.8, 4) is 5.75 Å². The summed E-state index contributed by atoms with van der Waals surface area (Å²) in [6, 6.07) is 11.6. The molecular formula is C16H15BrFNO2. The lowest BCUT2D eigenvalue weighted by atomic mass is 10.2. The monoisotopic (exact) mass is 351 g/mol. The molecule has 21 heavy (non-hydrogen) atoms. The van der Waals surface area contributed by atoms with Crippen LogP contribution in [-0.2, 0) is 0 Å². The molecule has 2 aromatic carbocycles. The van der Waals surface area contributed by atoms with Crippen molar-refractivity contribution in [2.45, 2.75) is 13.3 Å².